The molecular formula is C21H23N3O4. The summed E-state index contributed by atoms with van der Waals surface area (Å²) in [5, 5.41) is 0.496. The van der Waals surface area contributed by atoms with Gasteiger partial charge in [0, 0.05) is 31.9 Å². The van der Waals surface area contributed by atoms with Crippen LogP contribution in [0.5, 0.6) is 11.5 Å². The monoisotopic (exact) mass is 381 g/mol. The van der Waals surface area contributed by atoms with Crippen molar-refractivity contribution in [1.82, 2.24) is 9.55 Å². The predicted molar refractivity (Wildman–Crippen MR) is 107 cm³/mol. The first-order valence-electron chi connectivity index (χ1n) is 9.23. The Hall–Kier alpha value is -3.06. The summed E-state index contributed by atoms with van der Waals surface area (Å²) in [7, 11) is 3.33. The van der Waals surface area contributed by atoms with Crippen LogP contribution in [0.25, 0.3) is 10.9 Å². The van der Waals surface area contributed by atoms with Crippen LogP contribution in [-0.2, 0) is 18.4 Å². The van der Waals surface area contributed by atoms with Gasteiger partial charge in [0.05, 0.1) is 32.2 Å². The second-order valence-corrected chi connectivity index (χ2v) is 6.73. The van der Waals surface area contributed by atoms with Crippen molar-refractivity contribution in [3.05, 3.63) is 58.6 Å². The Balaban J connectivity index is 1.70. The maximum absolute atomic E-state index is 12.7. The molecule has 7 heteroatoms. The number of rotatable bonds is 5. The molecule has 1 saturated heterocycles. The Morgan fingerprint density at radius 3 is 2.61 bits per heavy atom. The molecule has 3 aromatic rings. The van der Waals surface area contributed by atoms with E-state index < -0.39 is 0 Å². The molecule has 1 fully saturated rings. The van der Waals surface area contributed by atoms with Crippen LogP contribution in [0.4, 0.5) is 5.69 Å². The highest BCUT2D eigenvalue weighted by Crippen LogP contribution is 2.30. The molecule has 28 heavy (non-hydrogen) atoms. The summed E-state index contributed by atoms with van der Waals surface area (Å²) in [6.45, 7) is 3.32. The first kappa shape index (κ1) is 18.3. The highest BCUT2D eigenvalue weighted by atomic mass is 16.5. The lowest BCUT2D eigenvalue weighted by molar-refractivity contribution is 0.122. The minimum absolute atomic E-state index is 0.122. The van der Waals surface area contributed by atoms with E-state index in [1.54, 1.807) is 20.5 Å². The van der Waals surface area contributed by atoms with Gasteiger partial charge in [-0.15, -0.1) is 0 Å². The Kier molecular flexibility index (Phi) is 5.16. The number of aryl methyl sites for hydroxylation is 1. The van der Waals surface area contributed by atoms with Gasteiger partial charge in [-0.3, -0.25) is 4.79 Å². The molecule has 4 rings (SSSR count). The molecule has 7 nitrogen and oxygen atoms in total. The van der Waals surface area contributed by atoms with Crippen molar-refractivity contribution in [2.75, 3.05) is 38.3 Å². The Labute approximate surface area is 163 Å². The fourth-order valence-electron chi connectivity index (χ4n) is 3.28. The van der Waals surface area contributed by atoms with Gasteiger partial charge in [0.15, 0.2) is 0 Å². The van der Waals surface area contributed by atoms with Crippen LogP contribution in [0.15, 0.2) is 47.5 Å². The van der Waals surface area contributed by atoms with E-state index in [1.165, 1.54) is 4.57 Å². The van der Waals surface area contributed by atoms with E-state index in [1.807, 2.05) is 36.4 Å². The standard InChI is InChI=1S/C21H23N3O4/c1-23-14-22-18-11-16(24-7-9-27-10-8-24)12-19(20(18)21(23)25)28-13-15-3-5-17(26-2)6-4-15/h3-6,11-12,14H,7-10,13H2,1-2H3. The first-order chi connectivity index (χ1) is 13.7. The molecule has 0 saturated carbocycles. The van der Waals surface area contributed by atoms with Crippen LogP contribution in [0.3, 0.4) is 0 Å². The van der Waals surface area contributed by atoms with E-state index >= 15 is 0 Å². The first-order valence-corrected chi connectivity index (χ1v) is 9.23. The number of fused-ring (bicyclic) bond motifs is 1. The zero-order valence-corrected chi connectivity index (χ0v) is 16.1. The van der Waals surface area contributed by atoms with Crippen LogP contribution in [-0.4, -0.2) is 43.0 Å². The fourth-order valence-corrected chi connectivity index (χ4v) is 3.28. The van der Waals surface area contributed by atoms with Gasteiger partial charge in [0.1, 0.15) is 23.5 Å². The van der Waals surface area contributed by atoms with E-state index in [4.69, 9.17) is 14.2 Å². The van der Waals surface area contributed by atoms with Crippen molar-refractivity contribution >= 4 is 16.6 Å². The van der Waals surface area contributed by atoms with Crippen molar-refractivity contribution in [2.45, 2.75) is 6.61 Å². The number of methoxy groups -OCH3 is 1. The van der Waals surface area contributed by atoms with Crippen molar-refractivity contribution in [3.63, 3.8) is 0 Å². The Bertz CT molecular complexity index is 1020. The van der Waals surface area contributed by atoms with E-state index in [-0.39, 0.29) is 5.56 Å². The summed E-state index contributed by atoms with van der Waals surface area (Å²) in [5.74, 6) is 1.34. The second-order valence-electron chi connectivity index (χ2n) is 6.73. The molecule has 0 spiro atoms. The Morgan fingerprint density at radius 1 is 1.14 bits per heavy atom. The van der Waals surface area contributed by atoms with Gasteiger partial charge in [-0.05, 0) is 23.8 Å². The number of anilines is 1. The molecule has 0 aliphatic carbocycles. The lowest BCUT2D eigenvalue weighted by Crippen LogP contribution is -2.36. The molecule has 2 aromatic carbocycles. The highest BCUT2D eigenvalue weighted by Gasteiger charge is 2.17. The average molecular weight is 381 g/mol. The molecule has 0 unspecified atom stereocenters. The molecule has 146 valence electrons. The molecular weight excluding hydrogens is 358 g/mol. The number of morpholine rings is 1. The molecule has 1 aliphatic heterocycles. The third-order valence-corrected chi connectivity index (χ3v) is 4.90. The molecule has 0 N–H and O–H groups in total. The van der Waals surface area contributed by atoms with Gasteiger partial charge in [-0.1, -0.05) is 12.1 Å². The summed E-state index contributed by atoms with van der Waals surface area (Å²) < 4.78 is 18.2. The fraction of sp³-hybridized carbons (Fsp3) is 0.333. The molecule has 0 atom stereocenters. The van der Waals surface area contributed by atoms with Crippen LogP contribution >= 0.6 is 0 Å². The van der Waals surface area contributed by atoms with Crippen LogP contribution in [0, 0.1) is 0 Å². The molecule has 0 amide bonds. The summed E-state index contributed by atoms with van der Waals surface area (Å²) in [4.78, 5) is 19.4. The summed E-state index contributed by atoms with van der Waals surface area (Å²) in [6.07, 6.45) is 1.54. The smallest absolute Gasteiger partial charge is 0.264 e. The van der Waals surface area contributed by atoms with Gasteiger partial charge >= 0.3 is 0 Å². The van der Waals surface area contributed by atoms with Gasteiger partial charge in [0.2, 0.25) is 0 Å². The Morgan fingerprint density at radius 2 is 1.89 bits per heavy atom. The number of ether oxygens (including phenoxy) is 3. The zero-order valence-electron chi connectivity index (χ0n) is 16.1. The lowest BCUT2D eigenvalue weighted by atomic mass is 10.1. The number of benzene rings is 2. The molecule has 0 radical (unpaired) electrons. The van der Waals surface area contributed by atoms with Crippen LogP contribution in [0.2, 0.25) is 0 Å². The third-order valence-electron chi connectivity index (χ3n) is 4.90. The third kappa shape index (κ3) is 3.66. The van der Waals surface area contributed by atoms with Gasteiger partial charge in [-0.25, -0.2) is 4.98 Å². The predicted octanol–water partition coefficient (Wildman–Crippen LogP) is 2.36. The average Bonchev–Trinajstić information content (AvgIpc) is 2.75. The van der Waals surface area contributed by atoms with Crippen molar-refractivity contribution in [1.29, 1.82) is 0 Å². The normalized spacial score (nSPS) is 14.3. The SMILES string of the molecule is COc1ccc(COc2cc(N3CCOCC3)cc3ncn(C)c(=O)c23)cc1. The largest absolute Gasteiger partial charge is 0.497 e. The maximum atomic E-state index is 12.7. The summed E-state index contributed by atoms with van der Waals surface area (Å²) >= 11 is 0. The molecule has 1 aliphatic rings. The highest BCUT2D eigenvalue weighted by molar-refractivity contribution is 5.88. The summed E-state index contributed by atoms with van der Waals surface area (Å²) in [6, 6.07) is 11.6. The number of hydrogen-bond acceptors (Lipinski definition) is 6. The van der Waals surface area contributed by atoms with E-state index in [0.717, 1.165) is 30.1 Å². The number of aromatic nitrogens is 2. The van der Waals surface area contributed by atoms with E-state index in [9.17, 15) is 4.79 Å². The van der Waals surface area contributed by atoms with Crippen LogP contribution < -0.4 is 19.9 Å². The minimum atomic E-state index is -0.122. The quantitative estimate of drug-likeness (QED) is 0.676. The molecule has 2 heterocycles. The van der Waals surface area contributed by atoms with Crippen LogP contribution in [0.1, 0.15) is 5.56 Å². The van der Waals surface area contributed by atoms with E-state index in [2.05, 4.69) is 9.88 Å². The van der Waals surface area contributed by atoms with Crippen molar-refractivity contribution in [2.24, 2.45) is 7.05 Å². The van der Waals surface area contributed by atoms with E-state index in [0.29, 0.717) is 36.5 Å². The van der Waals surface area contributed by atoms with Gasteiger partial charge in [0.25, 0.3) is 5.56 Å². The number of nitrogens with zero attached hydrogens (tertiary/aromatic N) is 3. The number of hydrogen-bond donors (Lipinski definition) is 0. The topological polar surface area (TPSA) is 65.8 Å². The second kappa shape index (κ2) is 7.90. The molecule has 1 aromatic heterocycles. The van der Waals surface area contributed by atoms with Crippen molar-refractivity contribution < 1.29 is 14.2 Å². The van der Waals surface area contributed by atoms with Gasteiger partial charge in [-0.2, -0.15) is 0 Å². The maximum Gasteiger partial charge on any atom is 0.264 e. The van der Waals surface area contributed by atoms with Crippen molar-refractivity contribution in [3.8, 4) is 11.5 Å². The lowest BCUT2D eigenvalue weighted by Gasteiger charge is -2.29. The molecule has 0 bridgehead atoms. The zero-order chi connectivity index (χ0) is 19.5. The minimum Gasteiger partial charge on any atom is -0.497 e. The summed E-state index contributed by atoms with van der Waals surface area (Å²) in [5.41, 5.74) is 2.49. The van der Waals surface area contributed by atoms with Gasteiger partial charge < -0.3 is 23.7 Å².